The molecule has 0 saturated heterocycles. The number of benzene rings is 4. The molecular weight excluding hydrogens is 574 g/mol. The van der Waals surface area contributed by atoms with E-state index in [2.05, 4.69) is 133 Å². The highest BCUT2D eigenvalue weighted by molar-refractivity contribution is 6.28. The summed E-state index contributed by atoms with van der Waals surface area (Å²) in [6, 6.07) is 45.1. The van der Waals surface area contributed by atoms with Crippen LogP contribution in [0, 0.1) is 0 Å². The lowest BCUT2D eigenvalue weighted by atomic mass is 9.73. The molecule has 2 aromatic heterocycles. The first-order chi connectivity index (χ1) is 23.0. The van der Waals surface area contributed by atoms with Crippen molar-refractivity contribution in [2.75, 3.05) is 4.90 Å². The molecule has 1 aliphatic heterocycles. The van der Waals surface area contributed by atoms with Gasteiger partial charge in [0.25, 0.3) is 0 Å². The number of pyridine rings is 1. The Morgan fingerprint density at radius 3 is 2.17 bits per heavy atom. The summed E-state index contributed by atoms with van der Waals surface area (Å²) in [5, 5.41) is 2.39. The van der Waals surface area contributed by atoms with Gasteiger partial charge < -0.3 is 9.47 Å². The number of rotatable bonds is 2. The van der Waals surface area contributed by atoms with E-state index in [1.807, 2.05) is 24.4 Å². The van der Waals surface area contributed by atoms with Crippen LogP contribution in [0.3, 0.4) is 0 Å². The van der Waals surface area contributed by atoms with Crippen molar-refractivity contribution in [1.29, 1.82) is 0 Å². The summed E-state index contributed by atoms with van der Waals surface area (Å²) in [6.07, 6.45) is 3.68. The first-order valence-corrected chi connectivity index (χ1v) is 16.1. The van der Waals surface area contributed by atoms with Crippen molar-refractivity contribution in [2.24, 2.45) is 0 Å². The molecular formula is C43H29N3O. The van der Waals surface area contributed by atoms with Gasteiger partial charge in [0, 0.05) is 39.2 Å². The van der Waals surface area contributed by atoms with Crippen LogP contribution in [0.1, 0.15) is 40.9 Å². The Hall–Kier alpha value is -6.00. The molecule has 0 radical (unpaired) electrons. The summed E-state index contributed by atoms with van der Waals surface area (Å²) in [6.45, 7) is 4.64. The predicted molar refractivity (Wildman–Crippen MR) is 191 cm³/mol. The normalized spacial score (nSPS) is 14.3. The lowest BCUT2D eigenvalue weighted by Gasteiger charge is -2.42. The summed E-state index contributed by atoms with van der Waals surface area (Å²) in [7, 11) is 0. The van der Waals surface area contributed by atoms with E-state index >= 15 is 0 Å². The molecule has 0 amide bonds. The minimum Gasteiger partial charge on any atom is -0.309 e. The van der Waals surface area contributed by atoms with Crippen LogP contribution < -0.4 is 4.90 Å². The number of ketones is 1. The van der Waals surface area contributed by atoms with Gasteiger partial charge >= 0.3 is 0 Å². The average molecular weight is 604 g/mol. The number of aromatic nitrogens is 2. The zero-order chi connectivity index (χ0) is 31.4. The minimum atomic E-state index is -0.287. The molecule has 0 saturated carbocycles. The number of fused-ring (bicyclic) bond motifs is 10. The highest BCUT2D eigenvalue weighted by Crippen LogP contribution is 2.57. The van der Waals surface area contributed by atoms with Gasteiger partial charge in [0.05, 0.1) is 39.9 Å². The number of hydrogen-bond donors (Lipinski definition) is 0. The van der Waals surface area contributed by atoms with Crippen molar-refractivity contribution in [3.8, 4) is 27.9 Å². The van der Waals surface area contributed by atoms with Crippen LogP contribution in [0.4, 0.5) is 17.1 Å². The van der Waals surface area contributed by atoms with Crippen LogP contribution in [0.25, 0.3) is 49.7 Å². The van der Waals surface area contributed by atoms with Crippen molar-refractivity contribution >= 4 is 44.7 Å². The Kier molecular flexibility index (Phi) is 5.18. The van der Waals surface area contributed by atoms with Crippen LogP contribution in [0.2, 0.25) is 0 Å². The first-order valence-electron chi connectivity index (χ1n) is 16.1. The number of hydrogen-bond acceptors (Lipinski definition) is 3. The van der Waals surface area contributed by atoms with Crippen LogP contribution in [0.15, 0.2) is 140 Å². The Bertz CT molecular complexity index is 2580. The largest absolute Gasteiger partial charge is 0.309 e. The molecule has 0 unspecified atom stereocenters. The monoisotopic (exact) mass is 603 g/mol. The molecule has 6 aromatic rings. The number of nitrogens with zero attached hydrogens (tertiary/aromatic N) is 3. The maximum Gasteiger partial charge on any atom is 0.196 e. The van der Waals surface area contributed by atoms with Gasteiger partial charge in [-0.3, -0.25) is 9.78 Å². The Labute approximate surface area is 272 Å². The van der Waals surface area contributed by atoms with E-state index in [9.17, 15) is 4.79 Å². The van der Waals surface area contributed by atoms with Gasteiger partial charge in [-0.2, -0.15) is 0 Å². The second-order valence-electron chi connectivity index (χ2n) is 13.2. The Balaban J connectivity index is 1.31. The van der Waals surface area contributed by atoms with Crippen molar-refractivity contribution < 1.29 is 4.79 Å². The zero-order valence-electron chi connectivity index (χ0n) is 26.0. The molecule has 4 nitrogen and oxygen atoms in total. The highest BCUT2D eigenvalue weighted by Gasteiger charge is 2.41. The van der Waals surface area contributed by atoms with E-state index in [1.165, 1.54) is 32.9 Å². The van der Waals surface area contributed by atoms with E-state index in [4.69, 9.17) is 4.98 Å². The van der Waals surface area contributed by atoms with E-state index < -0.39 is 0 Å². The van der Waals surface area contributed by atoms with Gasteiger partial charge in [-0.15, -0.1) is 0 Å². The van der Waals surface area contributed by atoms with E-state index in [0.717, 1.165) is 50.6 Å². The molecule has 0 N–H and O–H groups in total. The number of para-hydroxylation sites is 3. The zero-order valence-corrected chi connectivity index (χ0v) is 26.0. The molecule has 4 aliphatic rings. The summed E-state index contributed by atoms with van der Waals surface area (Å²) in [5.74, 6) is 0.0396. The predicted octanol–water partition coefficient (Wildman–Crippen LogP) is 10.6. The quantitative estimate of drug-likeness (QED) is 0.197. The lowest BCUT2D eigenvalue weighted by Crippen LogP contribution is -2.31. The molecule has 3 heterocycles. The fourth-order valence-corrected chi connectivity index (χ4v) is 8.21. The van der Waals surface area contributed by atoms with Gasteiger partial charge in [0.15, 0.2) is 5.78 Å². The molecule has 0 bridgehead atoms. The molecule has 4 aromatic carbocycles. The Morgan fingerprint density at radius 2 is 1.30 bits per heavy atom. The third kappa shape index (κ3) is 3.42. The minimum absolute atomic E-state index is 0.0396. The second kappa shape index (κ2) is 9.27. The third-order valence-electron chi connectivity index (χ3n) is 10.4. The SMILES string of the molecule is CC1(C)c2ccccc2N(c2cncc3c2-c2cc4cccccc-4c2C3=O)c2cc3c4ccccc4n(-c4ccccc4)c3cc21. The molecule has 4 heteroatoms. The van der Waals surface area contributed by atoms with E-state index in [1.54, 1.807) is 6.20 Å². The maximum atomic E-state index is 14.1. The fraction of sp³-hybridized carbons (Fsp3) is 0.0698. The molecule has 0 atom stereocenters. The average Bonchev–Trinajstić information content (AvgIpc) is 3.64. The van der Waals surface area contributed by atoms with Gasteiger partial charge in [-0.05, 0) is 70.3 Å². The highest BCUT2D eigenvalue weighted by atomic mass is 16.1. The topological polar surface area (TPSA) is 38.1 Å². The standard InChI is InChI=1S/C43H29N3O/c1-43(2)33-18-10-12-20-36(33)46(39-25-44-24-32-40(39)31-21-26-13-5-3-8-16-28(26)41(31)42(32)47)38-22-30-29-17-9-11-19-35(29)45(37(30)23-34(38)43)27-14-6-4-7-15-27/h3-25H,1-2H3. The number of carbonyl (C=O) groups excluding carboxylic acids is 1. The molecule has 10 rings (SSSR count). The smallest absolute Gasteiger partial charge is 0.196 e. The van der Waals surface area contributed by atoms with Crippen LogP contribution >= 0.6 is 0 Å². The number of carbonyl (C=O) groups is 1. The van der Waals surface area contributed by atoms with Crippen LogP contribution in [0.5, 0.6) is 0 Å². The first kappa shape index (κ1) is 26.2. The summed E-state index contributed by atoms with van der Waals surface area (Å²) >= 11 is 0. The van der Waals surface area contributed by atoms with E-state index in [-0.39, 0.29) is 11.2 Å². The van der Waals surface area contributed by atoms with Crippen LogP contribution in [-0.2, 0) is 5.41 Å². The number of anilines is 3. The summed E-state index contributed by atoms with van der Waals surface area (Å²) in [5.41, 5.74) is 14.2. The molecule has 0 spiro atoms. The van der Waals surface area contributed by atoms with E-state index in [0.29, 0.717) is 5.56 Å². The third-order valence-corrected chi connectivity index (χ3v) is 10.4. The molecule has 3 aliphatic carbocycles. The maximum absolute atomic E-state index is 14.1. The van der Waals surface area contributed by atoms with Crippen molar-refractivity contribution in [1.82, 2.24) is 9.55 Å². The van der Waals surface area contributed by atoms with Gasteiger partial charge in [-0.1, -0.05) is 98.8 Å². The van der Waals surface area contributed by atoms with Crippen molar-refractivity contribution in [3.05, 3.63) is 162 Å². The van der Waals surface area contributed by atoms with Crippen molar-refractivity contribution in [3.63, 3.8) is 0 Å². The lowest BCUT2D eigenvalue weighted by molar-refractivity contribution is 0.104. The van der Waals surface area contributed by atoms with Gasteiger partial charge in [-0.25, -0.2) is 0 Å². The molecule has 0 fully saturated rings. The summed E-state index contributed by atoms with van der Waals surface area (Å²) in [4.78, 5) is 21.2. The second-order valence-corrected chi connectivity index (χ2v) is 13.2. The molecule has 222 valence electrons. The fourth-order valence-electron chi connectivity index (χ4n) is 8.21. The van der Waals surface area contributed by atoms with Gasteiger partial charge in [0.2, 0.25) is 0 Å². The van der Waals surface area contributed by atoms with Crippen molar-refractivity contribution in [2.45, 2.75) is 19.3 Å². The summed E-state index contributed by atoms with van der Waals surface area (Å²) < 4.78 is 2.38. The molecule has 47 heavy (non-hydrogen) atoms. The van der Waals surface area contributed by atoms with Crippen LogP contribution in [-0.4, -0.2) is 15.3 Å². The Morgan fingerprint density at radius 1 is 0.553 bits per heavy atom. The van der Waals surface area contributed by atoms with Gasteiger partial charge in [0.1, 0.15) is 0 Å².